The Bertz CT molecular complexity index is 1460. The highest BCUT2D eigenvalue weighted by atomic mass is 19.1. The van der Waals surface area contributed by atoms with Crippen molar-refractivity contribution in [1.82, 2.24) is 0 Å². The van der Waals surface area contributed by atoms with Gasteiger partial charge in [-0.15, -0.1) is 0 Å². The standard InChI is InChI=1S/C17H22FNO6.C17H24FNO4/c1-16(2,3)24-14(20)13(15(21)25-17(4,5)6)11-8-7-10(18)9-12(11)19(22)23;1-16(2,3)22-14(20)13(15(21)23-17(4,5)6)11-8-7-10(18)9-12(11)19/h7-9,13H,1-6H3;7-9,13H,19H2,1-6H3. The van der Waals surface area contributed by atoms with Crippen LogP contribution >= 0.6 is 0 Å². The third-order valence-corrected chi connectivity index (χ3v) is 5.43. The number of esters is 4. The number of rotatable bonds is 7. The van der Waals surface area contributed by atoms with Crippen LogP contribution in [-0.4, -0.2) is 51.2 Å². The van der Waals surface area contributed by atoms with Gasteiger partial charge in [-0.05, 0) is 107 Å². The van der Waals surface area contributed by atoms with E-state index >= 15 is 0 Å². The molecule has 0 saturated carbocycles. The molecule has 0 aliphatic carbocycles. The van der Waals surface area contributed by atoms with Crippen molar-refractivity contribution in [3.8, 4) is 0 Å². The molecule has 0 aliphatic rings. The van der Waals surface area contributed by atoms with Crippen LogP contribution in [0.2, 0.25) is 0 Å². The molecule has 12 nitrogen and oxygen atoms in total. The van der Waals surface area contributed by atoms with Crippen LogP contribution < -0.4 is 5.73 Å². The number of carbonyl (C=O) groups excluding carboxylic acids is 4. The maximum Gasteiger partial charge on any atom is 0.325 e. The Morgan fingerprint density at radius 2 is 0.896 bits per heavy atom. The molecule has 2 aromatic carbocycles. The summed E-state index contributed by atoms with van der Waals surface area (Å²) in [6.07, 6.45) is 0. The lowest BCUT2D eigenvalue weighted by molar-refractivity contribution is -0.385. The molecule has 2 N–H and O–H groups in total. The first kappa shape index (κ1) is 41.4. The van der Waals surface area contributed by atoms with E-state index in [4.69, 9.17) is 24.7 Å². The molecule has 48 heavy (non-hydrogen) atoms. The van der Waals surface area contributed by atoms with Crippen molar-refractivity contribution in [2.75, 3.05) is 5.73 Å². The maximum atomic E-state index is 13.4. The van der Waals surface area contributed by atoms with E-state index in [2.05, 4.69) is 0 Å². The summed E-state index contributed by atoms with van der Waals surface area (Å²) in [4.78, 5) is 60.3. The van der Waals surface area contributed by atoms with Gasteiger partial charge in [0.15, 0.2) is 11.8 Å². The van der Waals surface area contributed by atoms with Gasteiger partial charge >= 0.3 is 23.9 Å². The first-order valence-electron chi connectivity index (χ1n) is 14.9. The zero-order valence-electron chi connectivity index (χ0n) is 29.5. The molecule has 14 heteroatoms. The van der Waals surface area contributed by atoms with Gasteiger partial charge in [0.2, 0.25) is 0 Å². The predicted molar refractivity (Wildman–Crippen MR) is 173 cm³/mol. The van der Waals surface area contributed by atoms with E-state index in [0.717, 1.165) is 24.3 Å². The van der Waals surface area contributed by atoms with Crippen molar-refractivity contribution >= 4 is 35.3 Å². The summed E-state index contributed by atoms with van der Waals surface area (Å²) in [7, 11) is 0. The molecule has 2 rings (SSSR count). The van der Waals surface area contributed by atoms with Gasteiger partial charge in [0, 0.05) is 11.3 Å². The number of hydrogen-bond acceptors (Lipinski definition) is 11. The number of carbonyl (C=O) groups is 4. The van der Waals surface area contributed by atoms with Crippen LogP contribution in [0.1, 0.15) is 106 Å². The molecular weight excluding hydrogens is 634 g/mol. The highest BCUT2D eigenvalue weighted by molar-refractivity contribution is 6.03. The molecular formula is C34H46F2N2O10. The number of hydrogen-bond donors (Lipinski definition) is 1. The van der Waals surface area contributed by atoms with Gasteiger partial charge < -0.3 is 24.7 Å². The average molecular weight is 681 g/mol. The zero-order valence-corrected chi connectivity index (χ0v) is 29.5. The lowest BCUT2D eigenvalue weighted by atomic mass is 9.96. The number of anilines is 1. The number of nitrogens with zero attached hydrogens (tertiary/aromatic N) is 1. The Hall–Kier alpha value is -4.62. The third kappa shape index (κ3) is 14.0. The minimum absolute atomic E-state index is 0.00767. The number of nitrogens with two attached hydrogens (primary N) is 1. The van der Waals surface area contributed by atoms with E-state index in [9.17, 15) is 38.1 Å². The Kier molecular flexibility index (Phi) is 13.4. The Balaban J connectivity index is 0.000000482. The highest BCUT2D eigenvalue weighted by Gasteiger charge is 2.41. The topological polar surface area (TPSA) is 174 Å². The predicted octanol–water partition coefficient (Wildman–Crippen LogP) is 6.68. The minimum Gasteiger partial charge on any atom is -0.459 e. The average Bonchev–Trinajstić information content (AvgIpc) is 2.82. The summed E-state index contributed by atoms with van der Waals surface area (Å²) in [6.45, 7) is 19.7. The van der Waals surface area contributed by atoms with E-state index in [0.29, 0.717) is 6.07 Å². The smallest absolute Gasteiger partial charge is 0.325 e. The first-order chi connectivity index (χ1) is 21.5. The van der Waals surface area contributed by atoms with Gasteiger partial charge in [-0.25, -0.2) is 8.78 Å². The van der Waals surface area contributed by atoms with Crippen LogP contribution in [0.15, 0.2) is 36.4 Å². The molecule has 0 fully saturated rings. The molecule has 266 valence electrons. The molecule has 0 atom stereocenters. The molecule has 0 amide bonds. The summed E-state index contributed by atoms with van der Waals surface area (Å²) < 4.78 is 47.6. The van der Waals surface area contributed by atoms with Crippen LogP contribution in [-0.2, 0) is 38.1 Å². The number of halogens is 2. The quantitative estimate of drug-likeness (QED) is 0.0825. The molecule has 0 heterocycles. The molecule has 0 radical (unpaired) electrons. The van der Waals surface area contributed by atoms with Crippen molar-refractivity contribution in [2.45, 2.75) is 117 Å². The molecule has 0 aromatic heterocycles. The fourth-order valence-electron chi connectivity index (χ4n) is 3.87. The molecule has 0 saturated heterocycles. The van der Waals surface area contributed by atoms with Crippen molar-refractivity contribution in [3.05, 3.63) is 69.3 Å². The summed E-state index contributed by atoms with van der Waals surface area (Å²) in [5.74, 6) is -8.06. The van der Waals surface area contributed by atoms with Crippen molar-refractivity contribution in [2.24, 2.45) is 0 Å². The van der Waals surface area contributed by atoms with Gasteiger partial charge in [-0.1, -0.05) is 6.07 Å². The van der Waals surface area contributed by atoms with Crippen LogP contribution in [0.4, 0.5) is 20.2 Å². The second-order valence-electron chi connectivity index (χ2n) is 14.7. The summed E-state index contributed by atoms with van der Waals surface area (Å²) in [6, 6.07) is 6.08. The van der Waals surface area contributed by atoms with E-state index in [1.54, 1.807) is 83.1 Å². The largest absolute Gasteiger partial charge is 0.459 e. The second kappa shape index (κ2) is 15.5. The van der Waals surface area contributed by atoms with Gasteiger partial charge in [0.05, 0.1) is 16.6 Å². The van der Waals surface area contributed by atoms with Crippen LogP contribution in [0.5, 0.6) is 0 Å². The van der Waals surface area contributed by atoms with Gasteiger partial charge in [0.25, 0.3) is 5.69 Å². The zero-order chi connectivity index (χ0) is 37.6. The van der Waals surface area contributed by atoms with Crippen molar-refractivity contribution in [1.29, 1.82) is 0 Å². The Morgan fingerprint density at radius 3 is 1.19 bits per heavy atom. The molecule has 0 spiro atoms. The first-order valence-corrected chi connectivity index (χ1v) is 14.9. The Labute approximate surface area is 279 Å². The van der Waals surface area contributed by atoms with E-state index in [1.807, 2.05) is 0 Å². The molecule has 0 aliphatic heterocycles. The fraction of sp³-hybridized carbons (Fsp3) is 0.529. The minimum atomic E-state index is -1.69. The van der Waals surface area contributed by atoms with Crippen molar-refractivity contribution in [3.63, 3.8) is 0 Å². The second-order valence-corrected chi connectivity index (χ2v) is 14.7. The fourth-order valence-corrected chi connectivity index (χ4v) is 3.87. The van der Waals surface area contributed by atoms with Gasteiger partial charge in [-0.3, -0.25) is 29.3 Å². The monoisotopic (exact) mass is 680 g/mol. The van der Waals surface area contributed by atoms with Crippen LogP contribution in [0.3, 0.4) is 0 Å². The van der Waals surface area contributed by atoms with E-state index in [-0.39, 0.29) is 16.8 Å². The number of nitro groups is 1. The number of nitro benzene ring substituents is 1. The number of ether oxygens (including phenoxy) is 4. The highest BCUT2D eigenvalue weighted by Crippen LogP contribution is 2.32. The van der Waals surface area contributed by atoms with Crippen molar-refractivity contribution < 1.29 is 51.8 Å². The lowest BCUT2D eigenvalue weighted by Gasteiger charge is -2.27. The summed E-state index contributed by atoms with van der Waals surface area (Å²) in [5, 5.41) is 11.2. The van der Waals surface area contributed by atoms with Crippen LogP contribution in [0, 0.1) is 21.7 Å². The Morgan fingerprint density at radius 1 is 0.604 bits per heavy atom. The molecule has 0 unspecified atom stereocenters. The van der Waals surface area contributed by atoms with Gasteiger partial charge in [0.1, 0.15) is 34.0 Å². The summed E-state index contributed by atoms with van der Waals surface area (Å²) in [5.41, 5.74) is 1.53. The third-order valence-electron chi connectivity index (χ3n) is 5.43. The van der Waals surface area contributed by atoms with E-state index in [1.165, 1.54) is 6.07 Å². The number of nitrogen functional groups attached to an aromatic ring is 1. The van der Waals surface area contributed by atoms with Crippen LogP contribution in [0.25, 0.3) is 0 Å². The summed E-state index contributed by atoms with van der Waals surface area (Å²) >= 11 is 0. The van der Waals surface area contributed by atoms with E-state index < -0.39 is 80.4 Å². The maximum absolute atomic E-state index is 13.4. The lowest BCUT2D eigenvalue weighted by Crippen LogP contribution is -2.35. The van der Waals surface area contributed by atoms with Gasteiger partial charge in [-0.2, -0.15) is 0 Å². The normalized spacial score (nSPS) is 12.1. The number of benzene rings is 2. The molecule has 2 aromatic rings. The SMILES string of the molecule is CC(C)(C)OC(=O)C(C(=O)OC(C)(C)C)c1ccc(F)cc1N.CC(C)(C)OC(=O)C(C(=O)OC(C)(C)C)c1ccc(F)cc1[N+](=O)[O-]. The molecule has 0 bridgehead atoms.